The number of carbonyl (C=O) groups is 1. The van der Waals surface area contributed by atoms with E-state index in [0.717, 1.165) is 12.1 Å². The highest BCUT2D eigenvalue weighted by molar-refractivity contribution is 7.79. The van der Waals surface area contributed by atoms with Gasteiger partial charge in [-0.05, 0) is 55.2 Å². The van der Waals surface area contributed by atoms with Crippen molar-refractivity contribution in [2.75, 3.05) is 5.32 Å². The number of aromatic nitrogens is 2. The molecule has 1 aliphatic rings. The molecule has 1 aliphatic carbocycles. The Morgan fingerprint density at radius 2 is 1.71 bits per heavy atom. The SMILES string of the molecule is CC(c1ccc(CC(=O)Nc2cc(Cl)c(C3(c4nc(-c5ccc(C(F)(F)F)cc5)no4)CC3)c(Cl)c2)cc1)S(=O)O. The van der Waals surface area contributed by atoms with Crippen LogP contribution in [-0.4, -0.2) is 24.8 Å². The van der Waals surface area contributed by atoms with Gasteiger partial charge < -0.3 is 14.4 Å². The molecule has 4 aromatic rings. The van der Waals surface area contributed by atoms with Gasteiger partial charge in [0.1, 0.15) is 0 Å². The van der Waals surface area contributed by atoms with Crippen LogP contribution >= 0.6 is 23.2 Å². The van der Waals surface area contributed by atoms with Gasteiger partial charge in [-0.3, -0.25) is 4.79 Å². The van der Waals surface area contributed by atoms with Crippen LogP contribution in [0, 0.1) is 0 Å². The Hall–Kier alpha value is -3.25. The first-order chi connectivity index (χ1) is 19.4. The maximum Gasteiger partial charge on any atom is 0.416 e. The Labute approximate surface area is 245 Å². The van der Waals surface area contributed by atoms with Crippen LogP contribution in [0.4, 0.5) is 18.9 Å². The van der Waals surface area contributed by atoms with Gasteiger partial charge in [0.05, 0.1) is 22.6 Å². The van der Waals surface area contributed by atoms with E-state index in [1.54, 1.807) is 43.3 Å². The van der Waals surface area contributed by atoms with Crippen molar-refractivity contribution in [2.24, 2.45) is 0 Å². The Morgan fingerprint density at radius 1 is 1.10 bits per heavy atom. The first-order valence-corrected chi connectivity index (χ1v) is 14.3. The minimum Gasteiger partial charge on any atom is -0.338 e. The van der Waals surface area contributed by atoms with Crippen molar-refractivity contribution in [3.8, 4) is 11.4 Å². The molecule has 214 valence electrons. The second-order valence-electron chi connectivity index (χ2n) is 9.78. The fourth-order valence-corrected chi connectivity index (χ4v) is 5.79. The van der Waals surface area contributed by atoms with E-state index in [9.17, 15) is 26.7 Å². The summed E-state index contributed by atoms with van der Waals surface area (Å²) in [5, 5.41) is 6.76. The van der Waals surface area contributed by atoms with Crippen molar-refractivity contribution in [1.29, 1.82) is 0 Å². The fraction of sp³-hybridized carbons (Fsp3) is 0.250. The van der Waals surface area contributed by atoms with Gasteiger partial charge in [-0.1, -0.05) is 64.8 Å². The topological polar surface area (TPSA) is 105 Å². The zero-order valence-corrected chi connectivity index (χ0v) is 23.7. The molecule has 1 aromatic heterocycles. The molecule has 5 rings (SSSR count). The zero-order chi connectivity index (χ0) is 29.5. The number of rotatable bonds is 8. The summed E-state index contributed by atoms with van der Waals surface area (Å²) >= 11 is 11.3. The lowest BCUT2D eigenvalue weighted by atomic mass is 9.95. The molecule has 3 aromatic carbocycles. The Morgan fingerprint density at radius 3 is 2.24 bits per heavy atom. The van der Waals surface area contributed by atoms with Gasteiger partial charge in [0.15, 0.2) is 11.1 Å². The number of nitrogens with zero attached hydrogens (tertiary/aromatic N) is 2. The van der Waals surface area contributed by atoms with E-state index < -0.39 is 33.5 Å². The van der Waals surface area contributed by atoms with E-state index >= 15 is 0 Å². The van der Waals surface area contributed by atoms with Crippen LogP contribution in [0.5, 0.6) is 0 Å². The first kappa shape index (κ1) is 29.2. The summed E-state index contributed by atoms with van der Waals surface area (Å²) in [5.41, 5.74) is 1.20. The Kier molecular flexibility index (Phi) is 7.99. The molecule has 13 heteroatoms. The summed E-state index contributed by atoms with van der Waals surface area (Å²) in [4.78, 5) is 17.1. The third kappa shape index (κ3) is 6.18. The summed E-state index contributed by atoms with van der Waals surface area (Å²) in [6, 6.07) is 14.5. The molecular weight excluding hydrogens is 602 g/mol. The lowest BCUT2D eigenvalue weighted by Gasteiger charge is -2.17. The lowest BCUT2D eigenvalue weighted by Crippen LogP contribution is -2.16. The third-order valence-electron chi connectivity index (χ3n) is 6.98. The summed E-state index contributed by atoms with van der Waals surface area (Å²) < 4.78 is 64.7. The largest absolute Gasteiger partial charge is 0.416 e. The monoisotopic (exact) mass is 623 g/mol. The average Bonchev–Trinajstić information content (AvgIpc) is 3.53. The second-order valence-corrected chi connectivity index (χ2v) is 11.9. The van der Waals surface area contributed by atoms with Crippen LogP contribution in [0.3, 0.4) is 0 Å². The summed E-state index contributed by atoms with van der Waals surface area (Å²) in [5.74, 6) is 0.0784. The van der Waals surface area contributed by atoms with E-state index in [1.807, 2.05) is 0 Å². The number of hydrogen-bond acceptors (Lipinski definition) is 5. The van der Waals surface area contributed by atoms with Crippen LogP contribution in [0.2, 0.25) is 10.0 Å². The molecule has 2 atom stereocenters. The number of amides is 1. The van der Waals surface area contributed by atoms with Crippen molar-refractivity contribution in [3.63, 3.8) is 0 Å². The number of nitrogens with one attached hydrogen (secondary N) is 1. The quantitative estimate of drug-likeness (QED) is 0.196. The predicted octanol–water partition coefficient (Wildman–Crippen LogP) is 7.61. The van der Waals surface area contributed by atoms with Crippen LogP contribution in [0.25, 0.3) is 11.4 Å². The van der Waals surface area contributed by atoms with Gasteiger partial charge in [-0.2, -0.15) is 18.2 Å². The highest BCUT2D eigenvalue weighted by Gasteiger charge is 2.53. The van der Waals surface area contributed by atoms with Crippen LogP contribution in [0.1, 0.15) is 53.2 Å². The van der Waals surface area contributed by atoms with E-state index in [1.165, 1.54) is 12.1 Å². The molecule has 0 bridgehead atoms. The molecule has 0 radical (unpaired) electrons. The molecule has 1 amide bonds. The Bertz CT molecular complexity index is 1600. The first-order valence-electron chi connectivity index (χ1n) is 12.4. The highest BCUT2D eigenvalue weighted by Crippen LogP contribution is 2.57. The summed E-state index contributed by atoms with van der Waals surface area (Å²) in [6.45, 7) is 1.64. The number of hydrogen-bond donors (Lipinski definition) is 2. The van der Waals surface area contributed by atoms with E-state index in [2.05, 4.69) is 15.5 Å². The average molecular weight is 624 g/mol. The minimum atomic E-state index is -4.45. The van der Waals surface area contributed by atoms with Gasteiger partial charge >= 0.3 is 6.18 Å². The van der Waals surface area contributed by atoms with Crippen molar-refractivity contribution in [1.82, 2.24) is 10.1 Å². The Balaban J connectivity index is 1.30. The smallest absolute Gasteiger partial charge is 0.338 e. The van der Waals surface area contributed by atoms with E-state index in [-0.39, 0.29) is 34.1 Å². The molecule has 7 nitrogen and oxygen atoms in total. The molecular formula is C28H22Cl2F3N3O4S. The number of carbonyl (C=O) groups excluding carboxylic acids is 1. The van der Waals surface area contributed by atoms with Crippen molar-refractivity contribution in [3.05, 3.63) is 98.9 Å². The molecule has 2 unspecified atom stereocenters. The standard InChI is InChI=1S/C28H22Cl2F3N3O4S/c1-15(41(38)39)17-4-2-16(3-5-17)12-23(37)34-20-13-21(29)24(22(30)14-20)27(10-11-27)26-35-25(36-40-26)18-6-8-19(9-7-18)28(31,32)33/h2-9,13-15H,10-12H2,1H3,(H,34,37)(H,38,39). The summed E-state index contributed by atoms with van der Waals surface area (Å²) in [6.07, 6.45) is -3.16. The van der Waals surface area contributed by atoms with E-state index in [0.29, 0.717) is 40.8 Å². The number of halogens is 5. The van der Waals surface area contributed by atoms with Gasteiger partial charge in [0, 0.05) is 26.9 Å². The third-order valence-corrected chi connectivity index (χ3v) is 8.45. The van der Waals surface area contributed by atoms with Crippen LogP contribution in [-0.2, 0) is 33.9 Å². The molecule has 2 N–H and O–H groups in total. The molecule has 0 saturated heterocycles. The fourth-order valence-electron chi connectivity index (χ4n) is 4.56. The van der Waals surface area contributed by atoms with Crippen LogP contribution in [0.15, 0.2) is 65.2 Å². The van der Waals surface area contributed by atoms with Crippen molar-refractivity contribution in [2.45, 2.75) is 43.0 Å². The molecule has 1 fully saturated rings. The van der Waals surface area contributed by atoms with Crippen molar-refractivity contribution < 1.29 is 31.3 Å². The molecule has 41 heavy (non-hydrogen) atoms. The van der Waals surface area contributed by atoms with Gasteiger partial charge in [-0.15, -0.1) is 0 Å². The van der Waals surface area contributed by atoms with Gasteiger partial charge in [0.2, 0.25) is 17.6 Å². The van der Waals surface area contributed by atoms with Crippen LogP contribution < -0.4 is 5.32 Å². The van der Waals surface area contributed by atoms with Crippen molar-refractivity contribution >= 4 is 45.9 Å². The number of anilines is 1. The highest BCUT2D eigenvalue weighted by atomic mass is 35.5. The molecule has 1 heterocycles. The van der Waals surface area contributed by atoms with E-state index in [4.69, 9.17) is 27.7 Å². The number of benzene rings is 3. The maximum atomic E-state index is 12.9. The minimum absolute atomic E-state index is 0.0620. The normalized spacial score (nSPS) is 15.8. The second kappa shape index (κ2) is 11.2. The van der Waals surface area contributed by atoms with Gasteiger partial charge in [0.25, 0.3) is 0 Å². The molecule has 0 aliphatic heterocycles. The predicted molar refractivity (Wildman–Crippen MR) is 149 cm³/mol. The van der Waals surface area contributed by atoms with Gasteiger partial charge in [-0.25, -0.2) is 4.21 Å². The lowest BCUT2D eigenvalue weighted by molar-refractivity contribution is -0.137. The number of alkyl halides is 3. The molecule has 0 spiro atoms. The summed E-state index contributed by atoms with van der Waals surface area (Å²) in [7, 11) is 0. The zero-order valence-electron chi connectivity index (χ0n) is 21.3. The maximum absolute atomic E-state index is 12.9. The molecule has 1 saturated carbocycles.